The Kier molecular flexibility index (Phi) is 6.28. The van der Waals surface area contributed by atoms with Gasteiger partial charge in [0.1, 0.15) is 17.0 Å². The Morgan fingerprint density at radius 1 is 1.19 bits per heavy atom. The molecule has 0 spiro atoms. The number of amides is 1. The average molecular weight is 489 g/mol. The molecule has 9 heteroatoms. The third-order valence-electron chi connectivity index (χ3n) is 6.32. The van der Waals surface area contributed by atoms with Crippen LogP contribution >= 0.6 is 0 Å². The van der Waals surface area contributed by atoms with Crippen LogP contribution in [0, 0.1) is 5.82 Å². The largest absolute Gasteiger partial charge is 0.504 e. The Bertz CT molecular complexity index is 1430. The molecule has 0 saturated carbocycles. The molecule has 0 radical (unpaired) electrons. The zero-order chi connectivity index (χ0) is 25.2. The number of rotatable bonds is 6. The maximum atomic E-state index is 14.5. The number of ether oxygens (including phenoxy) is 2. The van der Waals surface area contributed by atoms with Gasteiger partial charge in [-0.15, -0.1) is 0 Å². The topological polar surface area (TPSA) is 89.7 Å². The number of likely N-dealkylation sites (tertiary alicyclic amines) is 1. The molecule has 2 aromatic carbocycles. The maximum Gasteiger partial charge on any atom is 0.246 e. The maximum absolute atomic E-state index is 14.5. The number of hydrogen-bond donors (Lipinski definition) is 1. The summed E-state index contributed by atoms with van der Waals surface area (Å²) in [4.78, 5) is 18.1. The number of methoxy groups -OCH3 is 1. The zero-order valence-corrected chi connectivity index (χ0v) is 19.7. The lowest BCUT2D eigenvalue weighted by molar-refractivity contribution is -0.127. The first-order chi connectivity index (χ1) is 17.5. The van der Waals surface area contributed by atoms with Crippen LogP contribution in [-0.4, -0.2) is 50.9 Å². The molecule has 2 aromatic heterocycles. The number of aromatic nitrogens is 3. The first kappa shape index (κ1) is 23.3. The van der Waals surface area contributed by atoms with Crippen molar-refractivity contribution < 1.29 is 23.8 Å². The van der Waals surface area contributed by atoms with Crippen LogP contribution in [0.1, 0.15) is 18.9 Å². The van der Waals surface area contributed by atoms with Crippen LogP contribution < -0.4 is 9.47 Å². The van der Waals surface area contributed by atoms with Gasteiger partial charge in [0.25, 0.3) is 0 Å². The summed E-state index contributed by atoms with van der Waals surface area (Å²) in [5.74, 6) is -0.0723. The summed E-state index contributed by atoms with van der Waals surface area (Å²) in [6.07, 6.45) is 6.01. The number of carbonyl (C=O) groups is 1. The van der Waals surface area contributed by atoms with E-state index in [1.54, 1.807) is 34.0 Å². The van der Waals surface area contributed by atoms with Gasteiger partial charge in [-0.25, -0.2) is 0 Å². The van der Waals surface area contributed by atoms with Gasteiger partial charge in [0.05, 0.1) is 24.7 Å². The summed E-state index contributed by atoms with van der Waals surface area (Å²) < 4.78 is 27.0. The van der Waals surface area contributed by atoms with Gasteiger partial charge in [-0.3, -0.25) is 14.5 Å². The average Bonchev–Trinajstić information content (AvgIpc) is 3.31. The molecule has 184 valence electrons. The molecule has 1 unspecified atom stereocenters. The summed E-state index contributed by atoms with van der Waals surface area (Å²) >= 11 is 0. The van der Waals surface area contributed by atoms with Gasteiger partial charge < -0.3 is 19.5 Å². The molecule has 3 heterocycles. The van der Waals surface area contributed by atoms with E-state index in [4.69, 9.17) is 14.6 Å². The van der Waals surface area contributed by atoms with Gasteiger partial charge in [-0.1, -0.05) is 12.6 Å². The SMILES string of the molecule is C=CC(=O)N1CCCC(n2nc(-c3ccc(Oc4cccc(OC)c4F)cc3)c3cncc(O)c32)C1. The number of nitrogens with zero attached hydrogens (tertiary/aromatic N) is 4. The van der Waals surface area contributed by atoms with Crippen molar-refractivity contribution in [1.29, 1.82) is 0 Å². The van der Waals surface area contributed by atoms with Gasteiger partial charge in [0, 0.05) is 24.8 Å². The van der Waals surface area contributed by atoms with E-state index in [9.17, 15) is 14.3 Å². The highest BCUT2D eigenvalue weighted by Gasteiger charge is 2.27. The predicted octanol–water partition coefficient (Wildman–Crippen LogP) is 5.09. The van der Waals surface area contributed by atoms with Crippen molar-refractivity contribution in [1.82, 2.24) is 19.7 Å². The molecule has 1 N–H and O–H groups in total. The van der Waals surface area contributed by atoms with E-state index >= 15 is 0 Å². The monoisotopic (exact) mass is 488 g/mol. The number of halogens is 1. The van der Waals surface area contributed by atoms with Crippen molar-refractivity contribution in [3.8, 4) is 34.3 Å². The van der Waals surface area contributed by atoms with Crippen molar-refractivity contribution in [2.45, 2.75) is 18.9 Å². The molecule has 1 aliphatic heterocycles. The van der Waals surface area contributed by atoms with E-state index in [1.807, 2.05) is 12.1 Å². The second-order valence-electron chi connectivity index (χ2n) is 8.53. The highest BCUT2D eigenvalue weighted by molar-refractivity contribution is 5.96. The third-order valence-corrected chi connectivity index (χ3v) is 6.32. The minimum atomic E-state index is -0.577. The Hall–Kier alpha value is -4.40. The van der Waals surface area contributed by atoms with Gasteiger partial charge in [0.15, 0.2) is 17.2 Å². The molecule has 5 rings (SSSR count). The molecule has 8 nitrogen and oxygen atoms in total. The summed E-state index contributed by atoms with van der Waals surface area (Å²) in [7, 11) is 1.40. The van der Waals surface area contributed by atoms with Crippen molar-refractivity contribution >= 4 is 16.8 Å². The van der Waals surface area contributed by atoms with Crippen molar-refractivity contribution in [3.63, 3.8) is 0 Å². The number of hydrogen-bond acceptors (Lipinski definition) is 6. The smallest absolute Gasteiger partial charge is 0.246 e. The number of aromatic hydroxyl groups is 1. The molecule has 0 bridgehead atoms. The van der Waals surface area contributed by atoms with Crippen molar-refractivity contribution in [2.24, 2.45) is 0 Å². The minimum absolute atomic E-state index is 0.0203. The standard InChI is InChI=1S/C27H25FN4O4/c1-3-24(34)31-13-5-6-18(16-31)32-27-20(14-29-15-21(27)33)26(30-32)17-9-11-19(12-10-17)36-23-8-4-7-22(35-2)25(23)28/h3-4,7-12,14-15,18,33H,1,5-6,13,16H2,2H3. The Morgan fingerprint density at radius 2 is 1.97 bits per heavy atom. The van der Waals surface area contributed by atoms with E-state index in [-0.39, 0.29) is 29.2 Å². The number of piperidine rings is 1. The van der Waals surface area contributed by atoms with Crippen molar-refractivity contribution in [2.75, 3.05) is 20.2 Å². The lowest BCUT2D eigenvalue weighted by Crippen LogP contribution is -2.40. The molecule has 1 aliphatic rings. The van der Waals surface area contributed by atoms with Crippen LogP contribution in [0.5, 0.6) is 23.0 Å². The number of pyridine rings is 1. The zero-order valence-electron chi connectivity index (χ0n) is 19.7. The van der Waals surface area contributed by atoms with Gasteiger partial charge in [0.2, 0.25) is 11.7 Å². The molecular formula is C27H25FN4O4. The quantitative estimate of drug-likeness (QED) is 0.380. The fraction of sp³-hybridized carbons (Fsp3) is 0.222. The summed E-state index contributed by atoms with van der Waals surface area (Å²) in [6.45, 7) is 4.73. The molecule has 1 saturated heterocycles. The summed E-state index contributed by atoms with van der Waals surface area (Å²) in [5.41, 5.74) is 1.98. The summed E-state index contributed by atoms with van der Waals surface area (Å²) in [5, 5.41) is 16.2. The van der Waals surface area contributed by atoms with Gasteiger partial charge in [-0.05, 0) is 55.3 Å². The van der Waals surface area contributed by atoms with E-state index in [1.165, 1.54) is 31.5 Å². The van der Waals surface area contributed by atoms with Gasteiger partial charge >= 0.3 is 0 Å². The van der Waals surface area contributed by atoms with Crippen LogP contribution in [0.15, 0.2) is 67.5 Å². The summed E-state index contributed by atoms with van der Waals surface area (Å²) in [6, 6.07) is 11.7. The lowest BCUT2D eigenvalue weighted by Gasteiger charge is -2.32. The minimum Gasteiger partial charge on any atom is -0.504 e. The van der Waals surface area contributed by atoms with E-state index < -0.39 is 5.82 Å². The Balaban J connectivity index is 1.48. The third kappa shape index (κ3) is 4.24. The molecule has 1 fully saturated rings. The lowest BCUT2D eigenvalue weighted by atomic mass is 10.1. The van der Waals surface area contributed by atoms with Crippen LogP contribution in [0.4, 0.5) is 4.39 Å². The Labute approximate surface area is 207 Å². The number of carbonyl (C=O) groups excluding carboxylic acids is 1. The Morgan fingerprint density at radius 3 is 2.72 bits per heavy atom. The van der Waals surface area contributed by atoms with E-state index in [0.29, 0.717) is 35.4 Å². The fourth-order valence-electron chi connectivity index (χ4n) is 4.56. The van der Waals surface area contributed by atoms with Crippen LogP contribution in [-0.2, 0) is 4.79 Å². The van der Waals surface area contributed by atoms with E-state index in [0.717, 1.165) is 18.4 Å². The molecule has 1 atom stereocenters. The van der Waals surface area contributed by atoms with Crippen LogP contribution in [0.2, 0.25) is 0 Å². The van der Waals surface area contributed by atoms with Crippen LogP contribution in [0.25, 0.3) is 22.2 Å². The first-order valence-corrected chi connectivity index (χ1v) is 11.6. The first-order valence-electron chi connectivity index (χ1n) is 11.6. The number of benzene rings is 2. The normalized spacial score (nSPS) is 15.6. The molecule has 36 heavy (non-hydrogen) atoms. The fourth-order valence-corrected chi connectivity index (χ4v) is 4.56. The van der Waals surface area contributed by atoms with Gasteiger partial charge in [-0.2, -0.15) is 9.49 Å². The molecule has 4 aromatic rings. The molecule has 0 aliphatic carbocycles. The van der Waals surface area contributed by atoms with Crippen molar-refractivity contribution in [3.05, 3.63) is 73.3 Å². The van der Waals surface area contributed by atoms with Crippen LogP contribution in [0.3, 0.4) is 0 Å². The highest BCUT2D eigenvalue weighted by atomic mass is 19.1. The second-order valence-corrected chi connectivity index (χ2v) is 8.53. The molecular weight excluding hydrogens is 463 g/mol. The number of fused-ring (bicyclic) bond motifs is 1. The van der Waals surface area contributed by atoms with E-state index in [2.05, 4.69) is 11.6 Å². The highest BCUT2D eigenvalue weighted by Crippen LogP contribution is 2.37. The molecule has 1 amide bonds. The second kappa shape index (κ2) is 9.69. The predicted molar refractivity (Wildman–Crippen MR) is 133 cm³/mol.